The number of hydrogen-bond acceptors (Lipinski definition) is 2. The molecule has 0 spiro atoms. The quantitative estimate of drug-likeness (QED) is 0.364. The zero-order valence-electron chi connectivity index (χ0n) is 16.7. The normalized spacial score (nSPS) is 12.6. The van der Waals surface area contributed by atoms with E-state index in [1.165, 1.54) is 25.7 Å². The van der Waals surface area contributed by atoms with E-state index in [0.717, 1.165) is 36.8 Å². The molecule has 0 aliphatic carbocycles. The Morgan fingerprint density at radius 1 is 0.667 bits per heavy atom. The first kappa shape index (κ1) is 20.9. The van der Waals surface area contributed by atoms with Crippen LogP contribution in [0.5, 0.6) is 11.5 Å². The molecular weight excluding hydrogens is 296 g/mol. The fourth-order valence-electron chi connectivity index (χ4n) is 3.56. The van der Waals surface area contributed by atoms with Crippen LogP contribution < -0.4 is 0 Å². The van der Waals surface area contributed by atoms with Crippen LogP contribution >= 0.6 is 0 Å². The third-order valence-electron chi connectivity index (χ3n) is 5.38. The van der Waals surface area contributed by atoms with Crippen LogP contribution in [-0.4, -0.2) is 10.2 Å². The van der Waals surface area contributed by atoms with Crippen LogP contribution in [0.15, 0.2) is 12.1 Å². The summed E-state index contributed by atoms with van der Waals surface area (Å²) in [7, 11) is 0. The Kier molecular flexibility index (Phi) is 7.63. The summed E-state index contributed by atoms with van der Waals surface area (Å²) in [6.07, 6.45) is 9.13. The Bertz CT molecular complexity index is 467. The van der Waals surface area contributed by atoms with Crippen molar-refractivity contribution in [2.45, 2.75) is 104 Å². The van der Waals surface area contributed by atoms with Gasteiger partial charge < -0.3 is 10.2 Å². The molecule has 2 heteroatoms. The highest BCUT2D eigenvalue weighted by molar-refractivity contribution is 5.50. The van der Waals surface area contributed by atoms with Crippen LogP contribution in [0.1, 0.15) is 104 Å². The molecule has 0 atom stereocenters. The summed E-state index contributed by atoms with van der Waals surface area (Å²) in [5, 5.41) is 21.3. The predicted molar refractivity (Wildman–Crippen MR) is 104 cm³/mol. The Morgan fingerprint density at radius 3 is 1.29 bits per heavy atom. The van der Waals surface area contributed by atoms with Crippen molar-refractivity contribution in [3.63, 3.8) is 0 Å². The van der Waals surface area contributed by atoms with Gasteiger partial charge in [0, 0.05) is 11.1 Å². The van der Waals surface area contributed by atoms with E-state index in [1.54, 1.807) is 12.1 Å². The first-order valence-electron chi connectivity index (χ1n) is 9.72. The minimum Gasteiger partial charge on any atom is -0.508 e. The van der Waals surface area contributed by atoms with Gasteiger partial charge in [-0.2, -0.15) is 0 Å². The van der Waals surface area contributed by atoms with Gasteiger partial charge in [-0.15, -0.1) is 0 Å². The highest BCUT2D eigenvalue weighted by Crippen LogP contribution is 2.43. The van der Waals surface area contributed by atoms with Gasteiger partial charge in [-0.1, -0.05) is 80.1 Å². The molecule has 2 nitrogen and oxygen atoms in total. The molecule has 0 amide bonds. The first-order valence-corrected chi connectivity index (χ1v) is 9.72. The van der Waals surface area contributed by atoms with E-state index >= 15 is 0 Å². The molecule has 0 aliphatic heterocycles. The lowest BCUT2D eigenvalue weighted by Gasteiger charge is -2.30. The van der Waals surface area contributed by atoms with Gasteiger partial charge in [0.05, 0.1) is 0 Å². The summed E-state index contributed by atoms with van der Waals surface area (Å²) >= 11 is 0. The molecule has 0 fully saturated rings. The van der Waals surface area contributed by atoms with Crippen LogP contribution in [0, 0.1) is 0 Å². The van der Waals surface area contributed by atoms with E-state index in [0.29, 0.717) is 11.5 Å². The van der Waals surface area contributed by atoms with Crippen molar-refractivity contribution in [1.29, 1.82) is 0 Å². The lowest BCUT2D eigenvalue weighted by molar-refractivity contribution is 0.383. The summed E-state index contributed by atoms with van der Waals surface area (Å²) < 4.78 is 0. The molecular formula is C22H38O2. The van der Waals surface area contributed by atoms with Crippen LogP contribution in [0.3, 0.4) is 0 Å². The standard InChI is InChI=1S/C22H38O2/c1-7-9-11-13-21(3,4)17-15-20(24)18(16-19(17)23)22(5,6)14-12-10-8-2/h15-16,23-24H,7-14H2,1-6H3. The molecule has 0 aromatic heterocycles. The number of phenolic OH excluding ortho intramolecular Hbond substituents is 2. The maximum atomic E-state index is 10.6. The van der Waals surface area contributed by atoms with Gasteiger partial charge in [-0.05, 0) is 35.8 Å². The fourth-order valence-corrected chi connectivity index (χ4v) is 3.56. The zero-order chi connectivity index (χ0) is 18.4. The SMILES string of the molecule is CCCCCC(C)(C)c1cc(O)c(C(C)(C)CCCCC)cc1O. The molecule has 1 aromatic carbocycles. The molecule has 138 valence electrons. The van der Waals surface area contributed by atoms with Crippen LogP contribution in [0.4, 0.5) is 0 Å². The first-order chi connectivity index (χ1) is 11.2. The van der Waals surface area contributed by atoms with Crippen LogP contribution in [0.25, 0.3) is 0 Å². The Morgan fingerprint density at radius 2 is 1.00 bits per heavy atom. The van der Waals surface area contributed by atoms with E-state index in [2.05, 4.69) is 41.5 Å². The third-order valence-corrected chi connectivity index (χ3v) is 5.38. The summed E-state index contributed by atoms with van der Waals surface area (Å²) in [4.78, 5) is 0. The predicted octanol–water partition coefficient (Wildman–Crippen LogP) is 6.81. The van der Waals surface area contributed by atoms with Crippen molar-refractivity contribution < 1.29 is 10.2 Å². The highest BCUT2D eigenvalue weighted by Gasteiger charge is 2.29. The average molecular weight is 335 g/mol. The second kappa shape index (κ2) is 8.78. The van der Waals surface area contributed by atoms with Crippen molar-refractivity contribution >= 4 is 0 Å². The van der Waals surface area contributed by atoms with Crippen molar-refractivity contribution in [2.75, 3.05) is 0 Å². The maximum Gasteiger partial charge on any atom is 0.119 e. The number of aromatic hydroxyl groups is 2. The van der Waals surface area contributed by atoms with Gasteiger partial charge in [0.2, 0.25) is 0 Å². The molecule has 0 saturated carbocycles. The molecule has 0 unspecified atom stereocenters. The van der Waals surface area contributed by atoms with E-state index in [-0.39, 0.29) is 10.8 Å². The largest absolute Gasteiger partial charge is 0.508 e. The Hall–Kier alpha value is -1.18. The summed E-state index contributed by atoms with van der Waals surface area (Å²) in [5.41, 5.74) is 1.48. The number of rotatable bonds is 10. The summed E-state index contributed by atoms with van der Waals surface area (Å²) in [6.45, 7) is 13.0. The van der Waals surface area contributed by atoms with Crippen molar-refractivity contribution in [2.24, 2.45) is 0 Å². The van der Waals surface area contributed by atoms with E-state index in [1.807, 2.05) is 0 Å². The second-order valence-electron chi connectivity index (χ2n) is 8.57. The van der Waals surface area contributed by atoms with Gasteiger partial charge in [0.1, 0.15) is 11.5 Å². The molecule has 1 aromatic rings. The fraction of sp³-hybridized carbons (Fsp3) is 0.727. The van der Waals surface area contributed by atoms with Crippen LogP contribution in [-0.2, 0) is 10.8 Å². The number of benzene rings is 1. The van der Waals surface area contributed by atoms with E-state index in [4.69, 9.17) is 0 Å². The molecule has 0 aliphatic rings. The number of unbranched alkanes of at least 4 members (excludes halogenated alkanes) is 4. The highest BCUT2D eigenvalue weighted by atomic mass is 16.3. The van der Waals surface area contributed by atoms with Gasteiger partial charge in [-0.25, -0.2) is 0 Å². The number of phenols is 2. The molecule has 0 saturated heterocycles. The molecule has 0 heterocycles. The maximum absolute atomic E-state index is 10.6. The minimum atomic E-state index is -0.123. The molecule has 2 N–H and O–H groups in total. The number of hydrogen-bond donors (Lipinski definition) is 2. The summed E-state index contributed by atoms with van der Waals surface area (Å²) in [6, 6.07) is 3.61. The molecule has 0 radical (unpaired) electrons. The Balaban J connectivity index is 3.04. The van der Waals surface area contributed by atoms with Crippen molar-refractivity contribution in [3.05, 3.63) is 23.3 Å². The summed E-state index contributed by atoms with van der Waals surface area (Å²) in [5.74, 6) is 0.653. The minimum absolute atomic E-state index is 0.123. The zero-order valence-corrected chi connectivity index (χ0v) is 16.7. The average Bonchev–Trinajstić information content (AvgIpc) is 2.49. The van der Waals surface area contributed by atoms with Gasteiger partial charge in [-0.3, -0.25) is 0 Å². The lowest BCUT2D eigenvalue weighted by Crippen LogP contribution is -2.20. The monoisotopic (exact) mass is 334 g/mol. The van der Waals surface area contributed by atoms with Crippen LogP contribution in [0.2, 0.25) is 0 Å². The molecule has 0 bridgehead atoms. The van der Waals surface area contributed by atoms with Crippen molar-refractivity contribution in [3.8, 4) is 11.5 Å². The second-order valence-corrected chi connectivity index (χ2v) is 8.57. The third kappa shape index (κ3) is 5.43. The van der Waals surface area contributed by atoms with Gasteiger partial charge in [0.25, 0.3) is 0 Å². The lowest BCUT2D eigenvalue weighted by atomic mass is 9.75. The van der Waals surface area contributed by atoms with E-state index in [9.17, 15) is 10.2 Å². The Labute approximate surface area is 149 Å². The van der Waals surface area contributed by atoms with E-state index < -0.39 is 0 Å². The van der Waals surface area contributed by atoms with Gasteiger partial charge >= 0.3 is 0 Å². The molecule has 1 rings (SSSR count). The van der Waals surface area contributed by atoms with Gasteiger partial charge in [0.15, 0.2) is 0 Å². The molecule has 24 heavy (non-hydrogen) atoms. The smallest absolute Gasteiger partial charge is 0.119 e. The topological polar surface area (TPSA) is 40.5 Å². The van der Waals surface area contributed by atoms with Crippen molar-refractivity contribution in [1.82, 2.24) is 0 Å².